The first kappa shape index (κ1) is 17.1. The molecule has 3 rings (SSSR count). The molecule has 0 unspecified atom stereocenters. The molecule has 0 atom stereocenters. The minimum absolute atomic E-state index is 0.00613. The van der Waals surface area contributed by atoms with Gasteiger partial charge in [0, 0.05) is 12.3 Å². The molecule has 10 heteroatoms. The number of methoxy groups -OCH3 is 1. The van der Waals surface area contributed by atoms with Gasteiger partial charge in [-0.15, -0.1) is 5.11 Å². The van der Waals surface area contributed by atoms with Crippen molar-refractivity contribution < 1.29 is 14.3 Å². The van der Waals surface area contributed by atoms with E-state index in [9.17, 15) is 9.59 Å². The Morgan fingerprint density at radius 3 is 2.92 bits per heavy atom. The summed E-state index contributed by atoms with van der Waals surface area (Å²) in [6, 6.07) is 6.88. The molecule has 1 aromatic carbocycles. The number of benzene rings is 1. The van der Waals surface area contributed by atoms with E-state index in [2.05, 4.69) is 20.3 Å². The topological polar surface area (TPSA) is 136 Å². The predicted octanol–water partition coefficient (Wildman–Crippen LogP) is 2.21. The van der Waals surface area contributed by atoms with Crippen LogP contribution >= 0.6 is 0 Å². The number of hydrogen-bond donors (Lipinski definition) is 2. The third-order valence-corrected chi connectivity index (χ3v) is 3.50. The van der Waals surface area contributed by atoms with Gasteiger partial charge in [-0.25, -0.2) is 14.3 Å². The lowest BCUT2D eigenvalue weighted by molar-refractivity contribution is 0.0526. The number of aromatic amines is 1. The van der Waals surface area contributed by atoms with Gasteiger partial charge in [-0.1, -0.05) is 6.07 Å². The molecule has 3 aromatic rings. The molecule has 2 heterocycles. The average molecular weight is 356 g/mol. The Bertz CT molecular complexity index is 1050. The van der Waals surface area contributed by atoms with E-state index in [0.717, 1.165) is 0 Å². The fourth-order valence-electron chi connectivity index (χ4n) is 2.26. The van der Waals surface area contributed by atoms with Crippen LogP contribution in [0.2, 0.25) is 0 Å². The maximum atomic E-state index is 12.2. The zero-order valence-corrected chi connectivity index (χ0v) is 14.1. The molecule has 26 heavy (non-hydrogen) atoms. The zero-order valence-electron chi connectivity index (χ0n) is 14.1. The van der Waals surface area contributed by atoms with Crippen molar-refractivity contribution >= 4 is 28.8 Å². The van der Waals surface area contributed by atoms with Crippen LogP contribution in [0.15, 0.2) is 45.5 Å². The summed E-state index contributed by atoms with van der Waals surface area (Å²) >= 11 is 0. The number of ether oxygens (including phenoxy) is 2. The van der Waals surface area contributed by atoms with E-state index in [4.69, 9.17) is 15.2 Å². The van der Waals surface area contributed by atoms with Crippen molar-refractivity contribution in [3.05, 3.63) is 46.4 Å². The molecule has 0 aliphatic rings. The standard InChI is InChI=1S/C16H16N6O4/c1-3-26-16(24)11-8-18-14-12(15(23)21-22(14)13(11)17)20-19-9-5-4-6-10(7-9)25-2/h4-8H,3,17H2,1-2H3,(H,21,23). The van der Waals surface area contributed by atoms with Gasteiger partial charge >= 0.3 is 5.97 Å². The number of nitrogen functional groups attached to an aromatic ring is 1. The van der Waals surface area contributed by atoms with Crippen molar-refractivity contribution in [2.24, 2.45) is 10.2 Å². The van der Waals surface area contributed by atoms with Gasteiger partial charge in [0.15, 0.2) is 11.3 Å². The first-order chi connectivity index (χ1) is 12.5. The molecule has 134 valence electrons. The van der Waals surface area contributed by atoms with E-state index in [1.54, 1.807) is 31.2 Å². The first-order valence-electron chi connectivity index (χ1n) is 7.67. The SMILES string of the molecule is CCOC(=O)c1cnc2c(N=Nc3cccc(OC)c3)c(=O)[nH]n2c1N. The average Bonchev–Trinajstić information content (AvgIpc) is 2.97. The Labute approximate surface area is 147 Å². The van der Waals surface area contributed by atoms with E-state index in [0.29, 0.717) is 11.4 Å². The van der Waals surface area contributed by atoms with E-state index in [-0.39, 0.29) is 29.3 Å². The van der Waals surface area contributed by atoms with Crippen molar-refractivity contribution in [1.82, 2.24) is 14.6 Å². The third-order valence-electron chi connectivity index (χ3n) is 3.50. The summed E-state index contributed by atoms with van der Waals surface area (Å²) in [6.07, 6.45) is 1.24. The van der Waals surface area contributed by atoms with E-state index >= 15 is 0 Å². The van der Waals surface area contributed by atoms with Crippen molar-refractivity contribution in [3.63, 3.8) is 0 Å². The second kappa shape index (κ2) is 7.05. The monoisotopic (exact) mass is 356 g/mol. The van der Waals surface area contributed by atoms with Crippen LogP contribution in [0.5, 0.6) is 5.75 Å². The van der Waals surface area contributed by atoms with E-state index in [1.165, 1.54) is 17.8 Å². The van der Waals surface area contributed by atoms with Gasteiger partial charge in [0.25, 0.3) is 5.56 Å². The number of hydrogen-bond acceptors (Lipinski definition) is 8. The third kappa shape index (κ3) is 3.11. The number of nitrogens with one attached hydrogen (secondary N) is 1. The fraction of sp³-hybridized carbons (Fsp3) is 0.188. The normalized spacial score (nSPS) is 11.2. The quantitative estimate of drug-likeness (QED) is 0.531. The van der Waals surface area contributed by atoms with Crippen LogP contribution in [0.4, 0.5) is 17.2 Å². The van der Waals surface area contributed by atoms with Gasteiger partial charge in [0.1, 0.15) is 17.1 Å². The van der Waals surface area contributed by atoms with Gasteiger partial charge in [0.2, 0.25) is 0 Å². The van der Waals surface area contributed by atoms with Crippen LogP contribution in [-0.4, -0.2) is 34.3 Å². The van der Waals surface area contributed by atoms with Crippen LogP contribution in [-0.2, 0) is 4.74 Å². The lowest BCUT2D eigenvalue weighted by atomic mass is 10.3. The highest BCUT2D eigenvalue weighted by molar-refractivity contribution is 5.94. The number of nitrogens with zero attached hydrogens (tertiary/aromatic N) is 4. The number of fused-ring (bicyclic) bond motifs is 1. The molecular weight excluding hydrogens is 340 g/mol. The number of esters is 1. The summed E-state index contributed by atoms with van der Waals surface area (Å²) in [5.41, 5.74) is 6.05. The van der Waals surface area contributed by atoms with Crippen molar-refractivity contribution in [3.8, 4) is 5.75 Å². The Balaban J connectivity index is 2.03. The lowest BCUT2D eigenvalue weighted by Crippen LogP contribution is -2.13. The minimum atomic E-state index is -0.631. The Morgan fingerprint density at radius 2 is 2.19 bits per heavy atom. The van der Waals surface area contributed by atoms with Crippen LogP contribution in [0, 0.1) is 0 Å². The van der Waals surface area contributed by atoms with Crippen molar-refractivity contribution in [1.29, 1.82) is 0 Å². The summed E-state index contributed by atoms with van der Waals surface area (Å²) in [6.45, 7) is 1.87. The molecule has 2 aromatic heterocycles. The summed E-state index contributed by atoms with van der Waals surface area (Å²) in [5.74, 6) is -0.0274. The molecule has 0 spiro atoms. The van der Waals surface area contributed by atoms with Gasteiger partial charge in [-0.2, -0.15) is 5.11 Å². The molecule has 0 saturated heterocycles. The van der Waals surface area contributed by atoms with Crippen molar-refractivity contribution in [2.75, 3.05) is 19.5 Å². The van der Waals surface area contributed by atoms with E-state index in [1.807, 2.05) is 0 Å². The maximum Gasteiger partial charge on any atom is 0.343 e. The number of aromatic nitrogens is 3. The van der Waals surface area contributed by atoms with Crippen LogP contribution < -0.4 is 16.0 Å². The summed E-state index contributed by atoms with van der Waals surface area (Å²) in [7, 11) is 1.54. The van der Waals surface area contributed by atoms with Gasteiger partial charge in [-0.05, 0) is 19.1 Å². The Hall–Kier alpha value is -3.69. The summed E-state index contributed by atoms with van der Waals surface area (Å²) in [5, 5.41) is 10.5. The molecular formula is C16H16N6O4. The van der Waals surface area contributed by atoms with Crippen LogP contribution in [0.25, 0.3) is 5.65 Å². The molecule has 10 nitrogen and oxygen atoms in total. The number of rotatable bonds is 5. The van der Waals surface area contributed by atoms with E-state index < -0.39 is 11.5 Å². The van der Waals surface area contributed by atoms with Gasteiger partial charge < -0.3 is 15.2 Å². The molecule has 0 bridgehead atoms. The first-order valence-corrected chi connectivity index (χ1v) is 7.67. The second-order valence-electron chi connectivity index (χ2n) is 5.13. The molecule has 0 amide bonds. The smallest absolute Gasteiger partial charge is 0.343 e. The largest absolute Gasteiger partial charge is 0.497 e. The minimum Gasteiger partial charge on any atom is -0.497 e. The highest BCUT2D eigenvalue weighted by atomic mass is 16.5. The van der Waals surface area contributed by atoms with Gasteiger partial charge in [-0.3, -0.25) is 9.89 Å². The maximum absolute atomic E-state index is 12.2. The Kier molecular flexibility index (Phi) is 4.65. The molecule has 0 aliphatic heterocycles. The second-order valence-corrected chi connectivity index (χ2v) is 5.13. The molecule has 0 fully saturated rings. The summed E-state index contributed by atoms with van der Waals surface area (Å²) in [4.78, 5) is 28.1. The summed E-state index contributed by atoms with van der Waals surface area (Å²) < 4.78 is 11.2. The van der Waals surface area contributed by atoms with Crippen molar-refractivity contribution in [2.45, 2.75) is 6.92 Å². The predicted molar refractivity (Wildman–Crippen MR) is 93.4 cm³/mol. The van der Waals surface area contributed by atoms with Crippen LogP contribution in [0.1, 0.15) is 17.3 Å². The number of azo groups is 1. The molecule has 0 aliphatic carbocycles. The molecule has 0 radical (unpaired) electrons. The zero-order chi connectivity index (χ0) is 18.7. The number of nitrogens with two attached hydrogens (primary N) is 1. The number of carbonyl (C=O) groups is 1. The van der Waals surface area contributed by atoms with Crippen LogP contribution in [0.3, 0.4) is 0 Å². The lowest BCUT2D eigenvalue weighted by Gasteiger charge is -2.06. The highest BCUT2D eigenvalue weighted by Gasteiger charge is 2.18. The number of carbonyl (C=O) groups excluding carboxylic acids is 1. The molecule has 0 saturated carbocycles. The number of anilines is 1. The highest BCUT2D eigenvalue weighted by Crippen LogP contribution is 2.24. The fourth-order valence-corrected chi connectivity index (χ4v) is 2.26. The van der Waals surface area contributed by atoms with Gasteiger partial charge in [0.05, 0.1) is 19.4 Å². The Morgan fingerprint density at radius 1 is 1.38 bits per heavy atom. The molecule has 3 N–H and O–H groups in total. The number of H-pyrrole nitrogens is 1.